The van der Waals surface area contributed by atoms with Gasteiger partial charge in [0.2, 0.25) is 5.43 Å². The molecule has 0 aliphatic carbocycles. The van der Waals surface area contributed by atoms with Crippen molar-refractivity contribution in [1.82, 2.24) is 14.9 Å². The maximum atomic E-state index is 14.9. The Kier molecular flexibility index (Phi) is 8.52. The topological polar surface area (TPSA) is 91.0 Å². The molecule has 1 fully saturated rings. The SMILES string of the molecule is C=CCC(CC)CCNC(=O)c1cn(-c2ccc(F)cc2F)c2nc(N3CCCC(C#N)C3)ccc2c1=O. The first kappa shape index (κ1) is 27.0. The number of rotatable bonds is 9. The number of piperidine rings is 1. The van der Waals surface area contributed by atoms with Crippen LogP contribution in [0.4, 0.5) is 14.6 Å². The molecule has 3 aromatic rings. The molecule has 1 aliphatic rings. The second-order valence-corrected chi connectivity index (χ2v) is 9.64. The third-order valence-corrected chi connectivity index (χ3v) is 7.09. The van der Waals surface area contributed by atoms with Gasteiger partial charge in [0.25, 0.3) is 5.91 Å². The van der Waals surface area contributed by atoms with Gasteiger partial charge in [-0.1, -0.05) is 19.4 Å². The number of fused-ring (bicyclic) bond motifs is 1. The van der Waals surface area contributed by atoms with E-state index in [9.17, 15) is 23.6 Å². The first-order valence-corrected chi connectivity index (χ1v) is 12.9. The van der Waals surface area contributed by atoms with E-state index in [2.05, 4.69) is 29.9 Å². The lowest BCUT2D eigenvalue weighted by atomic mass is 9.98. The van der Waals surface area contributed by atoms with E-state index in [4.69, 9.17) is 0 Å². The smallest absolute Gasteiger partial charge is 0.256 e. The molecule has 38 heavy (non-hydrogen) atoms. The van der Waals surface area contributed by atoms with Gasteiger partial charge < -0.3 is 10.2 Å². The Morgan fingerprint density at radius 3 is 2.87 bits per heavy atom. The van der Waals surface area contributed by atoms with E-state index in [1.54, 1.807) is 12.1 Å². The summed E-state index contributed by atoms with van der Waals surface area (Å²) in [7, 11) is 0. The molecule has 1 aromatic carbocycles. The summed E-state index contributed by atoms with van der Waals surface area (Å²) in [5, 5.41) is 12.3. The summed E-state index contributed by atoms with van der Waals surface area (Å²) in [6.45, 7) is 7.40. The van der Waals surface area contributed by atoms with Crippen LogP contribution in [0.1, 0.15) is 49.4 Å². The van der Waals surface area contributed by atoms with Crippen molar-refractivity contribution in [3.63, 3.8) is 0 Å². The number of pyridine rings is 2. The summed E-state index contributed by atoms with van der Waals surface area (Å²) in [4.78, 5) is 33.1. The Hall–Kier alpha value is -4.06. The van der Waals surface area contributed by atoms with E-state index in [0.29, 0.717) is 31.4 Å². The summed E-state index contributed by atoms with van der Waals surface area (Å²) in [6, 6.07) is 8.65. The molecule has 1 amide bonds. The zero-order valence-electron chi connectivity index (χ0n) is 21.4. The fourth-order valence-corrected chi connectivity index (χ4v) is 4.89. The molecule has 0 radical (unpaired) electrons. The van der Waals surface area contributed by atoms with Gasteiger partial charge in [-0.05, 0) is 55.9 Å². The predicted octanol–water partition coefficient (Wildman–Crippen LogP) is 5.13. The van der Waals surface area contributed by atoms with Crippen LogP contribution in [0.2, 0.25) is 0 Å². The van der Waals surface area contributed by atoms with Crippen molar-refractivity contribution in [3.05, 3.63) is 76.6 Å². The third-order valence-electron chi connectivity index (χ3n) is 7.09. The van der Waals surface area contributed by atoms with Crippen LogP contribution < -0.4 is 15.6 Å². The van der Waals surface area contributed by atoms with E-state index >= 15 is 0 Å². The van der Waals surface area contributed by atoms with Crippen LogP contribution in [-0.4, -0.2) is 35.1 Å². The number of carbonyl (C=O) groups excluding carboxylic acids is 1. The van der Waals surface area contributed by atoms with Gasteiger partial charge in [-0.2, -0.15) is 5.26 Å². The van der Waals surface area contributed by atoms with Crippen molar-refractivity contribution >= 4 is 22.8 Å². The summed E-state index contributed by atoms with van der Waals surface area (Å²) in [5.74, 6) is -1.40. The number of anilines is 1. The van der Waals surface area contributed by atoms with Crippen LogP contribution >= 0.6 is 0 Å². The van der Waals surface area contributed by atoms with Gasteiger partial charge in [-0.3, -0.25) is 14.2 Å². The van der Waals surface area contributed by atoms with Crippen LogP contribution in [-0.2, 0) is 0 Å². The monoisotopic (exact) mass is 519 g/mol. The molecule has 0 bridgehead atoms. The van der Waals surface area contributed by atoms with Crippen molar-refractivity contribution in [2.45, 2.75) is 39.0 Å². The van der Waals surface area contributed by atoms with E-state index < -0.39 is 23.0 Å². The number of halogens is 2. The summed E-state index contributed by atoms with van der Waals surface area (Å²) >= 11 is 0. The maximum Gasteiger partial charge on any atom is 0.256 e. The first-order chi connectivity index (χ1) is 18.4. The molecule has 2 atom stereocenters. The molecular weight excluding hydrogens is 488 g/mol. The van der Waals surface area contributed by atoms with Gasteiger partial charge in [0.05, 0.1) is 23.1 Å². The van der Waals surface area contributed by atoms with Crippen LogP contribution in [0.25, 0.3) is 16.7 Å². The molecule has 198 valence electrons. The van der Waals surface area contributed by atoms with Gasteiger partial charge in [-0.15, -0.1) is 6.58 Å². The minimum Gasteiger partial charge on any atom is -0.355 e. The molecule has 0 saturated carbocycles. The van der Waals surface area contributed by atoms with Gasteiger partial charge in [0.1, 0.15) is 23.0 Å². The standard InChI is InChI=1S/C29H31F2N5O2/c1-3-6-19(4-2)12-13-33-29(38)23-18-36(25-10-8-21(30)15-24(25)31)28-22(27(23)37)9-11-26(34-28)35-14-5-7-20(16-32)17-35/h3,8-11,15,18-20H,1,4-7,12-14,17H2,2H3,(H,33,38). The van der Waals surface area contributed by atoms with Gasteiger partial charge >= 0.3 is 0 Å². The molecular formula is C29H31F2N5O2. The summed E-state index contributed by atoms with van der Waals surface area (Å²) in [6.07, 6.45) is 7.24. The second kappa shape index (κ2) is 12.0. The quantitative estimate of drug-likeness (QED) is 0.396. The molecule has 2 aromatic heterocycles. The van der Waals surface area contributed by atoms with Crippen LogP contribution in [0.15, 0.2) is 54.0 Å². The molecule has 7 nitrogen and oxygen atoms in total. The predicted molar refractivity (Wildman–Crippen MR) is 143 cm³/mol. The second-order valence-electron chi connectivity index (χ2n) is 9.64. The highest BCUT2D eigenvalue weighted by atomic mass is 19.1. The molecule has 9 heteroatoms. The Morgan fingerprint density at radius 1 is 1.34 bits per heavy atom. The fourth-order valence-electron chi connectivity index (χ4n) is 4.89. The number of allylic oxidation sites excluding steroid dienone is 1. The van der Waals surface area contributed by atoms with Gasteiger partial charge in [-0.25, -0.2) is 13.8 Å². The Bertz CT molecular complexity index is 1450. The number of nitriles is 1. The summed E-state index contributed by atoms with van der Waals surface area (Å²) < 4.78 is 29.9. The molecule has 2 unspecified atom stereocenters. The number of nitrogens with one attached hydrogen (secondary N) is 1. The largest absolute Gasteiger partial charge is 0.355 e. The summed E-state index contributed by atoms with van der Waals surface area (Å²) in [5.41, 5.74) is -0.580. The van der Waals surface area contributed by atoms with Crippen molar-refractivity contribution in [2.24, 2.45) is 11.8 Å². The van der Waals surface area contributed by atoms with Gasteiger partial charge in [0, 0.05) is 31.9 Å². The lowest BCUT2D eigenvalue weighted by molar-refractivity contribution is 0.0950. The molecule has 0 spiro atoms. The average Bonchev–Trinajstić information content (AvgIpc) is 2.93. The molecule has 1 aliphatic heterocycles. The first-order valence-electron chi connectivity index (χ1n) is 12.9. The normalized spacial score (nSPS) is 16.2. The lowest BCUT2D eigenvalue weighted by Gasteiger charge is -2.30. The zero-order valence-corrected chi connectivity index (χ0v) is 21.4. The van der Waals surface area contributed by atoms with Crippen molar-refractivity contribution in [2.75, 3.05) is 24.5 Å². The number of nitrogens with zero attached hydrogens (tertiary/aromatic N) is 4. The fraction of sp³-hybridized carbons (Fsp3) is 0.379. The number of benzene rings is 1. The third kappa shape index (κ3) is 5.75. The minimum absolute atomic E-state index is 0.0410. The number of amides is 1. The van der Waals surface area contributed by atoms with Gasteiger partial charge in [0.15, 0.2) is 5.65 Å². The van der Waals surface area contributed by atoms with E-state index in [1.807, 2.05) is 11.0 Å². The Balaban J connectivity index is 1.77. The Labute approximate surface area is 220 Å². The number of hydrogen-bond acceptors (Lipinski definition) is 5. The van der Waals surface area contributed by atoms with E-state index in [0.717, 1.165) is 44.2 Å². The van der Waals surface area contributed by atoms with Crippen LogP contribution in [0, 0.1) is 34.8 Å². The highest BCUT2D eigenvalue weighted by molar-refractivity contribution is 5.97. The van der Waals surface area contributed by atoms with Crippen molar-refractivity contribution in [3.8, 4) is 11.8 Å². The molecule has 3 heterocycles. The highest BCUT2D eigenvalue weighted by Gasteiger charge is 2.23. The number of aromatic nitrogens is 2. The maximum absolute atomic E-state index is 14.9. The van der Waals surface area contributed by atoms with Crippen molar-refractivity contribution in [1.29, 1.82) is 5.26 Å². The van der Waals surface area contributed by atoms with E-state index in [-0.39, 0.29) is 28.2 Å². The minimum atomic E-state index is -0.855. The van der Waals surface area contributed by atoms with Crippen LogP contribution in [0.5, 0.6) is 0 Å². The van der Waals surface area contributed by atoms with Crippen LogP contribution in [0.3, 0.4) is 0 Å². The molecule has 1 saturated heterocycles. The lowest BCUT2D eigenvalue weighted by Crippen LogP contribution is -2.35. The molecule has 1 N–H and O–H groups in total. The zero-order chi connectivity index (χ0) is 27.2. The average molecular weight is 520 g/mol. The molecule has 4 rings (SSSR count). The number of carbonyl (C=O) groups is 1. The van der Waals surface area contributed by atoms with E-state index in [1.165, 1.54) is 16.8 Å². The highest BCUT2D eigenvalue weighted by Crippen LogP contribution is 2.25. The Morgan fingerprint density at radius 2 is 2.16 bits per heavy atom. The number of hydrogen-bond donors (Lipinski definition) is 1. The van der Waals surface area contributed by atoms with Crippen molar-refractivity contribution < 1.29 is 13.6 Å².